The molecule has 0 saturated heterocycles. The second-order valence-corrected chi connectivity index (χ2v) is 8.38. The van der Waals surface area contributed by atoms with Gasteiger partial charge in [-0.05, 0) is 42.8 Å². The Morgan fingerprint density at radius 2 is 1.70 bits per heavy atom. The van der Waals surface area contributed by atoms with E-state index in [1.165, 1.54) is 25.3 Å². The molecule has 156 valence electrons. The van der Waals surface area contributed by atoms with Crippen molar-refractivity contribution in [3.05, 3.63) is 77.9 Å². The first kappa shape index (κ1) is 21.2. The van der Waals surface area contributed by atoms with Crippen LogP contribution in [-0.4, -0.2) is 26.5 Å². The van der Waals surface area contributed by atoms with E-state index in [-0.39, 0.29) is 34.3 Å². The smallest absolute Gasteiger partial charge is 0.262 e. The second-order valence-electron chi connectivity index (χ2n) is 6.70. The molecular weight excluding hydrogens is 404 g/mol. The summed E-state index contributed by atoms with van der Waals surface area (Å²) in [5.74, 6) is -0.239. The fourth-order valence-electron chi connectivity index (χ4n) is 2.80. The molecular formula is C22H22N2O5S. The van der Waals surface area contributed by atoms with Gasteiger partial charge in [0.1, 0.15) is 11.5 Å². The molecule has 3 N–H and O–H groups in total. The number of phenols is 1. The molecule has 3 rings (SSSR count). The number of methoxy groups -OCH3 is 1. The van der Waals surface area contributed by atoms with E-state index in [9.17, 15) is 18.3 Å². The molecule has 0 heterocycles. The highest BCUT2D eigenvalue weighted by molar-refractivity contribution is 7.92. The topological polar surface area (TPSA) is 105 Å². The molecule has 0 atom stereocenters. The number of benzene rings is 3. The lowest BCUT2D eigenvalue weighted by Crippen LogP contribution is -2.16. The lowest BCUT2D eigenvalue weighted by Gasteiger charge is -2.13. The van der Waals surface area contributed by atoms with Crippen molar-refractivity contribution in [1.29, 1.82) is 0 Å². The molecule has 0 aliphatic carbocycles. The van der Waals surface area contributed by atoms with Crippen LogP contribution in [0.15, 0.2) is 71.6 Å². The molecule has 3 aromatic rings. The number of carbonyl (C=O) groups excluding carboxylic acids is 1. The number of ether oxygens (including phenoxy) is 1. The largest absolute Gasteiger partial charge is 0.506 e. The van der Waals surface area contributed by atoms with Crippen LogP contribution in [0.25, 0.3) is 0 Å². The fraction of sp³-hybridized carbons (Fsp3) is 0.136. The summed E-state index contributed by atoms with van der Waals surface area (Å²) in [4.78, 5) is 12.2. The Labute approximate surface area is 175 Å². The minimum Gasteiger partial charge on any atom is -0.506 e. The quantitative estimate of drug-likeness (QED) is 0.500. The van der Waals surface area contributed by atoms with Crippen LogP contribution in [0, 0.1) is 6.92 Å². The predicted molar refractivity (Wildman–Crippen MR) is 115 cm³/mol. The summed E-state index contributed by atoms with van der Waals surface area (Å²) in [6.07, 6.45) is 0.0934. The molecule has 8 heteroatoms. The third kappa shape index (κ3) is 5.09. The van der Waals surface area contributed by atoms with E-state index in [4.69, 9.17) is 4.74 Å². The monoisotopic (exact) mass is 426 g/mol. The number of sulfonamides is 1. The number of aromatic hydroxyl groups is 1. The standard InChI is InChI=1S/C22H22N2O5S/c1-15-7-9-16(10-8-15)13-22(26)23-19-14-17(11-12-20(19)25)30(27,28)24-18-5-3-4-6-21(18)29-2/h3-12,14,24-25H,13H2,1-2H3,(H,23,26). The highest BCUT2D eigenvalue weighted by Crippen LogP contribution is 2.30. The van der Waals surface area contributed by atoms with Crippen LogP contribution in [-0.2, 0) is 21.2 Å². The zero-order valence-corrected chi connectivity index (χ0v) is 17.4. The molecule has 0 bridgehead atoms. The van der Waals surface area contributed by atoms with Gasteiger partial charge in [0.15, 0.2) is 0 Å². The average Bonchev–Trinajstić information content (AvgIpc) is 2.71. The maximum absolute atomic E-state index is 12.8. The van der Waals surface area contributed by atoms with Gasteiger partial charge in [0, 0.05) is 0 Å². The number of para-hydroxylation sites is 2. The van der Waals surface area contributed by atoms with Gasteiger partial charge in [-0.3, -0.25) is 9.52 Å². The summed E-state index contributed by atoms with van der Waals surface area (Å²) in [7, 11) is -2.54. The van der Waals surface area contributed by atoms with Crippen molar-refractivity contribution in [2.45, 2.75) is 18.2 Å². The summed E-state index contributed by atoms with van der Waals surface area (Å²) in [5, 5.41) is 12.6. The first-order valence-electron chi connectivity index (χ1n) is 9.13. The molecule has 0 aliphatic heterocycles. The van der Waals surface area contributed by atoms with Crippen LogP contribution in [0.3, 0.4) is 0 Å². The average molecular weight is 426 g/mol. The van der Waals surface area contributed by atoms with Gasteiger partial charge >= 0.3 is 0 Å². The summed E-state index contributed by atoms with van der Waals surface area (Å²) < 4.78 is 33.2. The number of aryl methyl sites for hydroxylation is 1. The zero-order valence-electron chi connectivity index (χ0n) is 16.5. The first-order valence-corrected chi connectivity index (χ1v) is 10.6. The molecule has 3 aromatic carbocycles. The van der Waals surface area contributed by atoms with E-state index in [1.54, 1.807) is 24.3 Å². The molecule has 0 saturated carbocycles. The maximum Gasteiger partial charge on any atom is 0.262 e. The van der Waals surface area contributed by atoms with Gasteiger partial charge < -0.3 is 15.2 Å². The number of carbonyl (C=O) groups is 1. The van der Waals surface area contributed by atoms with Crippen molar-refractivity contribution in [1.82, 2.24) is 0 Å². The number of hydrogen-bond donors (Lipinski definition) is 3. The molecule has 30 heavy (non-hydrogen) atoms. The normalized spacial score (nSPS) is 11.0. The summed E-state index contributed by atoms with van der Waals surface area (Å²) >= 11 is 0. The van der Waals surface area contributed by atoms with Crippen LogP contribution in [0.4, 0.5) is 11.4 Å². The zero-order chi connectivity index (χ0) is 21.7. The molecule has 1 amide bonds. The Morgan fingerprint density at radius 3 is 2.40 bits per heavy atom. The van der Waals surface area contributed by atoms with Crippen LogP contribution in [0.5, 0.6) is 11.5 Å². The van der Waals surface area contributed by atoms with Gasteiger partial charge in [0.25, 0.3) is 10.0 Å². The van der Waals surface area contributed by atoms with E-state index >= 15 is 0 Å². The van der Waals surface area contributed by atoms with Gasteiger partial charge in [-0.25, -0.2) is 8.42 Å². The summed E-state index contributed by atoms with van der Waals surface area (Å²) in [6.45, 7) is 1.95. The summed E-state index contributed by atoms with van der Waals surface area (Å²) in [5.41, 5.74) is 2.17. The van der Waals surface area contributed by atoms with Crippen LogP contribution >= 0.6 is 0 Å². The number of anilines is 2. The second kappa shape index (κ2) is 8.87. The third-order valence-electron chi connectivity index (χ3n) is 4.39. The van der Waals surface area contributed by atoms with Gasteiger partial charge in [-0.2, -0.15) is 0 Å². The molecule has 0 spiro atoms. The Hall–Kier alpha value is -3.52. The van der Waals surface area contributed by atoms with Crippen molar-refractivity contribution >= 4 is 27.3 Å². The minimum absolute atomic E-state index is 0.00927. The number of rotatable bonds is 7. The molecule has 7 nitrogen and oxygen atoms in total. The molecule has 0 aliphatic rings. The Kier molecular flexibility index (Phi) is 6.27. The Balaban J connectivity index is 1.80. The van der Waals surface area contributed by atoms with Crippen molar-refractivity contribution in [2.75, 3.05) is 17.1 Å². The van der Waals surface area contributed by atoms with Crippen LogP contribution in [0.1, 0.15) is 11.1 Å². The van der Waals surface area contributed by atoms with E-state index in [2.05, 4.69) is 10.0 Å². The lowest BCUT2D eigenvalue weighted by molar-refractivity contribution is -0.115. The van der Waals surface area contributed by atoms with E-state index in [0.717, 1.165) is 11.1 Å². The van der Waals surface area contributed by atoms with Crippen molar-refractivity contribution < 1.29 is 23.1 Å². The SMILES string of the molecule is COc1ccccc1NS(=O)(=O)c1ccc(O)c(NC(=O)Cc2ccc(C)cc2)c1. The van der Waals surface area contributed by atoms with Gasteiger partial charge in [-0.1, -0.05) is 42.0 Å². The number of phenolic OH excluding ortho intramolecular Hbond substituents is 1. The Bertz CT molecular complexity index is 1160. The van der Waals surface area contributed by atoms with Crippen molar-refractivity contribution in [2.24, 2.45) is 0 Å². The van der Waals surface area contributed by atoms with Crippen LogP contribution < -0.4 is 14.8 Å². The number of amides is 1. The third-order valence-corrected chi connectivity index (χ3v) is 5.75. The first-order chi connectivity index (χ1) is 14.3. The minimum atomic E-state index is -3.98. The summed E-state index contributed by atoms with van der Waals surface area (Å²) in [6, 6.07) is 17.8. The number of hydrogen-bond acceptors (Lipinski definition) is 5. The van der Waals surface area contributed by atoms with Gasteiger partial charge in [-0.15, -0.1) is 0 Å². The highest BCUT2D eigenvalue weighted by Gasteiger charge is 2.19. The van der Waals surface area contributed by atoms with E-state index < -0.39 is 10.0 Å². The van der Waals surface area contributed by atoms with Crippen LogP contribution in [0.2, 0.25) is 0 Å². The molecule has 0 aromatic heterocycles. The van der Waals surface area contributed by atoms with Crippen molar-refractivity contribution in [3.8, 4) is 11.5 Å². The van der Waals surface area contributed by atoms with Crippen molar-refractivity contribution in [3.63, 3.8) is 0 Å². The maximum atomic E-state index is 12.8. The fourth-order valence-corrected chi connectivity index (χ4v) is 3.90. The molecule has 0 unspecified atom stereocenters. The molecule has 0 fully saturated rings. The van der Waals surface area contributed by atoms with E-state index in [1.807, 2.05) is 31.2 Å². The van der Waals surface area contributed by atoms with Gasteiger partial charge in [0.05, 0.1) is 29.8 Å². The predicted octanol–water partition coefficient (Wildman–Crippen LogP) is 3.69. The Morgan fingerprint density at radius 1 is 1.00 bits per heavy atom. The molecule has 0 radical (unpaired) electrons. The highest BCUT2D eigenvalue weighted by atomic mass is 32.2. The lowest BCUT2D eigenvalue weighted by atomic mass is 10.1. The van der Waals surface area contributed by atoms with E-state index in [0.29, 0.717) is 5.75 Å². The number of nitrogens with one attached hydrogen (secondary N) is 2. The van der Waals surface area contributed by atoms with Gasteiger partial charge in [0.2, 0.25) is 5.91 Å².